The molecule has 1 N–H and O–H groups in total. The van der Waals surface area contributed by atoms with E-state index in [1.165, 1.54) is 6.07 Å². The Kier molecular flexibility index (Phi) is 5.04. The Balaban J connectivity index is 0.00000162. The Morgan fingerprint density at radius 3 is 2.67 bits per heavy atom. The minimum absolute atomic E-state index is 0. The van der Waals surface area contributed by atoms with E-state index in [1.54, 1.807) is 11.9 Å². The summed E-state index contributed by atoms with van der Waals surface area (Å²) in [6.45, 7) is 1.62. The Morgan fingerprint density at radius 1 is 1.39 bits per heavy atom. The van der Waals surface area contributed by atoms with Gasteiger partial charge in [-0.25, -0.2) is 8.78 Å². The zero-order valence-corrected chi connectivity index (χ0v) is 10.8. The van der Waals surface area contributed by atoms with Crippen molar-refractivity contribution in [1.29, 1.82) is 0 Å². The Morgan fingerprint density at radius 2 is 2.11 bits per heavy atom. The average Bonchev–Trinajstić information content (AvgIpc) is 2.84. The second-order valence-corrected chi connectivity index (χ2v) is 4.19. The molecule has 1 heterocycles. The lowest BCUT2D eigenvalue weighted by atomic mass is 10.1. The maximum absolute atomic E-state index is 13.0. The van der Waals surface area contributed by atoms with Crippen molar-refractivity contribution in [2.75, 3.05) is 20.1 Å². The first-order chi connectivity index (χ1) is 8.09. The molecular formula is C12H15ClF2N2O. The quantitative estimate of drug-likeness (QED) is 0.894. The lowest BCUT2D eigenvalue weighted by Crippen LogP contribution is -2.38. The van der Waals surface area contributed by atoms with E-state index < -0.39 is 11.6 Å². The van der Waals surface area contributed by atoms with Crippen LogP contribution >= 0.6 is 12.4 Å². The smallest absolute Gasteiger partial charge is 0.253 e. The number of hydrogen-bond acceptors (Lipinski definition) is 2. The molecule has 1 saturated heterocycles. The van der Waals surface area contributed by atoms with E-state index in [9.17, 15) is 13.6 Å². The van der Waals surface area contributed by atoms with Gasteiger partial charge >= 0.3 is 0 Å². The van der Waals surface area contributed by atoms with Gasteiger partial charge in [-0.1, -0.05) is 0 Å². The number of hydrogen-bond donors (Lipinski definition) is 1. The molecule has 1 atom stereocenters. The number of carbonyl (C=O) groups excluding carboxylic acids is 1. The lowest BCUT2D eigenvalue weighted by molar-refractivity contribution is 0.0743. The highest BCUT2D eigenvalue weighted by Gasteiger charge is 2.24. The number of benzene rings is 1. The number of amides is 1. The second kappa shape index (κ2) is 6.11. The molecular weight excluding hydrogens is 262 g/mol. The van der Waals surface area contributed by atoms with Crippen LogP contribution in [0.1, 0.15) is 16.8 Å². The van der Waals surface area contributed by atoms with E-state index >= 15 is 0 Å². The molecule has 1 amide bonds. The molecule has 1 aliphatic rings. The lowest BCUT2D eigenvalue weighted by Gasteiger charge is -2.23. The van der Waals surface area contributed by atoms with Gasteiger partial charge in [-0.2, -0.15) is 0 Å². The van der Waals surface area contributed by atoms with Crippen molar-refractivity contribution in [3.8, 4) is 0 Å². The molecule has 1 aliphatic heterocycles. The molecule has 18 heavy (non-hydrogen) atoms. The van der Waals surface area contributed by atoms with E-state index in [0.29, 0.717) is 0 Å². The molecule has 0 radical (unpaired) electrons. The molecule has 2 rings (SSSR count). The number of halogens is 3. The predicted molar refractivity (Wildman–Crippen MR) is 67.0 cm³/mol. The first kappa shape index (κ1) is 14.9. The van der Waals surface area contributed by atoms with Gasteiger partial charge in [-0.15, -0.1) is 12.4 Å². The molecule has 3 nitrogen and oxygen atoms in total. The van der Waals surface area contributed by atoms with Crippen LogP contribution in [-0.2, 0) is 0 Å². The first-order valence-electron chi connectivity index (χ1n) is 5.52. The molecule has 0 aliphatic carbocycles. The molecule has 0 unspecified atom stereocenters. The molecule has 1 aromatic carbocycles. The number of rotatable bonds is 2. The highest BCUT2D eigenvalue weighted by molar-refractivity contribution is 5.94. The van der Waals surface area contributed by atoms with Gasteiger partial charge in [-0.05, 0) is 31.2 Å². The summed E-state index contributed by atoms with van der Waals surface area (Å²) >= 11 is 0. The maximum atomic E-state index is 13.0. The average molecular weight is 277 g/mol. The van der Waals surface area contributed by atoms with E-state index in [2.05, 4.69) is 5.32 Å². The van der Waals surface area contributed by atoms with Crippen LogP contribution < -0.4 is 5.32 Å². The van der Waals surface area contributed by atoms with Crippen LogP contribution in [0.25, 0.3) is 0 Å². The monoisotopic (exact) mass is 276 g/mol. The second-order valence-electron chi connectivity index (χ2n) is 4.19. The van der Waals surface area contributed by atoms with Gasteiger partial charge in [0.15, 0.2) is 11.6 Å². The highest BCUT2D eigenvalue weighted by atomic mass is 35.5. The van der Waals surface area contributed by atoms with E-state index in [4.69, 9.17) is 0 Å². The minimum atomic E-state index is -0.992. The zero-order valence-electron chi connectivity index (χ0n) is 9.95. The summed E-state index contributed by atoms with van der Waals surface area (Å²) in [6.07, 6.45) is 0.881. The molecule has 0 bridgehead atoms. The van der Waals surface area contributed by atoms with Crippen molar-refractivity contribution >= 4 is 18.3 Å². The summed E-state index contributed by atoms with van der Waals surface area (Å²) in [5.41, 5.74) is 0.179. The van der Waals surface area contributed by atoms with Crippen LogP contribution in [0.5, 0.6) is 0 Å². The van der Waals surface area contributed by atoms with Crippen molar-refractivity contribution in [2.45, 2.75) is 12.5 Å². The third kappa shape index (κ3) is 2.97. The molecule has 0 aromatic heterocycles. The van der Waals surface area contributed by atoms with Gasteiger partial charge in [0.05, 0.1) is 0 Å². The van der Waals surface area contributed by atoms with Gasteiger partial charge in [0, 0.05) is 25.2 Å². The Labute approximate surface area is 111 Å². The minimum Gasteiger partial charge on any atom is -0.337 e. The number of nitrogens with one attached hydrogen (secondary N) is 1. The van der Waals surface area contributed by atoms with E-state index in [-0.39, 0.29) is 29.9 Å². The van der Waals surface area contributed by atoms with Crippen LogP contribution in [0.3, 0.4) is 0 Å². The normalized spacial score (nSPS) is 18.3. The zero-order chi connectivity index (χ0) is 12.4. The van der Waals surface area contributed by atoms with Crippen molar-refractivity contribution in [1.82, 2.24) is 10.2 Å². The topological polar surface area (TPSA) is 32.3 Å². The SMILES string of the molecule is CN(C(=O)c1ccc(F)c(F)c1)[C@H]1CCNC1.Cl. The van der Waals surface area contributed by atoms with Gasteiger partial charge in [0.25, 0.3) is 5.91 Å². The Bertz CT molecular complexity index is 436. The third-order valence-corrected chi connectivity index (χ3v) is 3.07. The fraction of sp³-hybridized carbons (Fsp3) is 0.417. The molecule has 1 aromatic rings. The van der Waals surface area contributed by atoms with Crippen LogP contribution in [-0.4, -0.2) is 37.0 Å². The van der Waals surface area contributed by atoms with Gasteiger partial charge in [-0.3, -0.25) is 4.79 Å². The largest absolute Gasteiger partial charge is 0.337 e. The number of likely N-dealkylation sites (N-methyl/N-ethyl adjacent to an activating group) is 1. The van der Waals surface area contributed by atoms with Crippen molar-refractivity contribution in [3.63, 3.8) is 0 Å². The van der Waals surface area contributed by atoms with Crippen molar-refractivity contribution in [2.24, 2.45) is 0 Å². The summed E-state index contributed by atoms with van der Waals surface area (Å²) < 4.78 is 25.8. The van der Waals surface area contributed by atoms with Gasteiger partial charge in [0.2, 0.25) is 0 Å². The summed E-state index contributed by atoms with van der Waals surface area (Å²) in [5.74, 6) is -2.21. The van der Waals surface area contributed by atoms with Crippen LogP contribution in [0.4, 0.5) is 8.78 Å². The molecule has 100 valence electrons. The van der Waals surface area contributed by atoms with E-state index in [0.717, 1.165) is 31.6 Å². The maximum Gasteiger partial charge on any atom is 0.253 e. The van der Waals surface area contributed by atoms with Crippen LogP contribution in [0, 0.1) is 11.6 Å². The van der Waals surface area contributed by atoms with E-state index in [1.807, 2.05) is 0 Å². The Hall–Kier alpha value is -1.20. The van der Waals surface area contributed by atoms with Gasteiger partial charge < -0.3 is 10.2 Å². The molecule has 6 heteroatoms. The molecule has 0 saturated carbocycles. The first-order valence-corrected chi connectivity index (χ1v) is 5.52. The molecule has 1 fully saturated rings. The standard InChI is InChI=1S/C12H14F2N2O.ClH/c1-16(9-4-5-15-7-9)12(17)8-2-3-10(13)11(14)6-8;/h2-3,6,9,15H,4-5,7H2,1H3;1H/t9-;/m0./s1. The number of carbonyl (C=O) groups is 1. The van der Waals surface area contributed by atoms with Crippen LogP contribution in [0.15, 0.2) is 18.2 Å². The molecule has 0 spiro atoms. The van der Waals surface area contributed by atoms with Gasteiger partial charge in [0.1, 0.15) is 0 Å². The highest BCUT2D eigenvalue weighted by Crippen LogP contribution is 2.14. The fourth-order valence-corrected chi connectivity index (χ4v) is 1.97. The summed E-state index contributed by atoms with van der Waals surface area (Å²) in [5, 5.41) is 3.15. The fourth-order valence-electron chi connectivity index (χ4n) is 1.97. The summed E-state index contributed by atoms with van der Waals surface area (Å²) in [6, 6.07) is 3.34. The van der Waals surface area contributed by atoms with Crippen molar-refractivity contribution < 1.29 is 13.6 Å². The summed E-state index contributed by atoms with van der Waals surface area (Å²) in [7, 11) is 1.68. The summed E-state index contributed by atoms with van der Waals surface area (Å²) in [4.78, 5) is 13.6. The van der Waals surface area contributed by atoms with Crippen molar-refractivity contribution in [3.05, 3.63) is 35.4 Å². The third-order valence-electron chi connectivity index (χ3n) is 3.07. The predicted octanol–water partition coefficient (Wildman–Crippen LogP) is 1.82. The number of nitrogens with zero attached hydrogens (tertiary/aromatic N) is 1. The van der Waals surface area contributed by atoms with Crippen LogP contribution in [0.2, 0.25) is 0 Å².